The Hall–Kier alpha value is -1.31. The van der Waals surface area contributed by atoms with Gasteiger partial charge < -0.3 is 4.74 Å². The highest BCUT2D eigenvalue weighted by atomic mass is 16.5. The molecule has 2 heteroatoms. The van der Waals surface area contributed by atoms with Crippen molar-refractivity contribution in [3.8, 4) is 0 Å². The molecule has 0 aliphatic heterocycles. The minimum atomic E-state index is -0.205. The molecule has 82 valence electrons. The quantitative estimate of drug-likeness (QED) is 0.695. The van der Waals surface area contributed by atoms with Gasteiger partial charge in [-0.2, -0.15) is 0 Å². The van der Waals surface area contributed by atoms with E-state index in [-0.39, 0.29) is 17.3 Å². The number of carbonyl (C=O) groups excluding carboxylic acids is 1. The Morgan fingerprint density at radius 1 is 1.20 bits per heavy atom. The van der Waals surface area contributed by atoms with Gasteiger partial charge in [-0.1, -0.05) is 51.1 Å². The fraction of sp³-hybridized carbons (Fsp3) is 0.462. The molecule has 0 N–H and O–H groups in total. The summed E-state index contributed by atoms with van der Waals surface area (Å²) in [4.78, 5) is 11.7. The number of esters is 1. The summed E-state index contributed by atoms with van der Waals surface area (Å²) in [7, 11) is 1.43. The van der Waals surface area contributed by atoms with E-state index in [9.17, 15) is 4.79 Å². The monoisotopic (exact) mass is 206 g/mol. The van der Waals surface area contributed by atoms with Crippen LogP contribution in [0, 0.1) is 5.41 Å². The van der Waals surface area contributed by atoms with E-state index in [4.69, 9.17) is 4.74 Å². The highest BCUT2D eigenvalue weighted by molar-refractivity contribution is 5.79. The molecule has 0 bridgehead atoms. The van der Waals surface area contributed by atoms with Crippen LogP contribution in [0.2, 0.25) is 0 Å². The molecule has 0 aromatic heterocycles. The maximum Gasteiger partial charge on any atom is 0.313 e. The molecule has 0 aliphatic rings. The highest BCUT2D eigenvalue weighted by Crippen LogP contribution is 2.35. The lowest BCUT2D eigenvalue weighted by molar-refractivity contribution is -0.145. The van der Waals surface area contributed by atoms with Crippen LogP contribution in [0.1, 0.15) is 32.3 Å². The number of rotatable bonds is 2. The Balaban J connectivity index is 3.08. The molecule has 1 atom stereocenters. The second kappa shape index (κ2) is 4.47. The van der Waals surface area contributed by atoms with Crippen molar-refractivity contribution >= 4 is 5.97 Å². The molecular formula is C13H18O2. The Morgan fingerprint density at radius 3 is 2.13 bits per heavy atom. The van der Waals surface area contributed by atoms with E-state index < -0.39 is 0 Å². The highest BCUT2D eigenvalue weighted by Gasteiger charge is 2.33. The molecule has 1 aromatic rings. The van der Waals surface area contributed by atoms with Crippen LogP contribution in [-0.2, 0) is 9.53 Å². The molecule has 15 heavy (non-hydrogen) atoms. The van der Waals surface area contributed by atoms with Crippen LogP contribution in [0.15, 0.2) is 30.3 Å². The zero-order valence-corrected chi connectivity index (χ0v) is 9.78. The number of hydrogen-bond acceptors (Lipinski definition) is 2. The van der Waals surface area contributed by atoms with Crippen molar-refractivity contribution in [3.63, 3.8) is 0 Å². The minimum absolute atomic E-state index is 0.131. The Bertz CT molecular complexity index is 322. The van der Waals surface area contributed by atoms with Gasteiger partial charge >= 0.3 is 5.97 Å². The van der Waals surface area contributed by atoms with E-state index in [1.807, 2.05) is 51.1 Å². The number of methoxy groups -OCH3 is 1. The molecule has 0 saturated carbocycles. The van der Waals surface area contributed by atoms with Crippen molar-refractivity contribution in [3.05, 3.63) is 35.9 Å². The van der Waals surface area contributed by atoms with Gasteiger partial charge in [-0.25, -0.2) is 0 Å². The molecule has 1 unspecified atom stereocenters. The van der Waals surface area contributed by atoms with E-state index in [1.165, 1.54) is 7.11 Å². The fourth-order valence-electron chi connectivity index (χ4n) is 1.75. The normalized spacial score (nSPS) is 13.3. The molecule has 1 aromatic carbocycles. The first-order valence-electron chi connectivity index (χ1n) is 5.09. The van der Waals surface area contributed by atoms with E-state index in [2.05, 4.69) is 0 Å². The van der Waals surface area contributed by atoms with Crippen molar-refractivity contribution in [1.82, 2.24) is 0 Å². The summed E-state index contributed by atoms with van der Waals surface area (Å²) in [6, 6.07) is 9.76. The zero-order valence-electron chi connectivity index (χ0n) is 9.78. The first-order chi connectivity index (χ1) is 6.96. The van der Waals surface area contributed by atoms with E-state index in [0.29, 0.717) is 0 Å². The molecule has 0 aliphatic carbocycles. The van der Waals surface area contributed by atoms with E-state index in [1.54, 1.807) is 0 Å². The van der Waals surface area contributed by atoms with Crippen molar-refractivity contribution in [2.24, 2.45) is 5.41 Å². The van der Waals surface area contributed by atoms with Gasteiger partial charge in [0.25, 0.3) is 0 Å². The maximum absolute atomic E-state index is 11.7. The lowest BCUT2D eigenvalue weighted by Gasteiger charge is -2.28. The van der Waals surface area contributed by atoms with Gasteiger partial charge in [-0.15, -0.1) is 0 Å². The Morgan fingerprint density at radius 2 is 1.73 bits per heavy atom. The Kier molecular flexibility index (Phi) is 3.51. The predicted octanol–water partition coefficient (Wildman–Crippen LogP) is 2.99. The third-order valence-corrected chi connectivity index (χ3v) is 2.44. The van der Waals surface area contributed by atoms with Gasteiger partial charge in [0.1, 0.15) is 0 Å². The third-order valence-electron chi connectivity index (χ3n) is 2.44. The van der Waals surface area contributed by atoms with Gasteiger partial charge in [0.05, 0.1) is 13.0 Å². The van der Waals surface area contributed by atoms with Crippen LogP contribution in [0.5, 0.6) is 0 Å². The van der Waals surface area contributed by atoms with Crippen LogP contribution in [-0.4, -0.2) is 13.1 Å². The van der Waals surface area contributed by atoms with Crippen LogP contribution < -0.4 is 0 Å². The molecule has 0 radical (unpaired) electrons. The van der Waals surface area contributed by atoms with Crippen LogP contribution in [0.3, 0.4) is 0 Å². The van der Waals surface area contributed by atoms with Gasteiger partial charge in [0.15, 0.2) is 0 Å². The van der Waals surface area contributed by atoms with Crippen LogP contribution in [0.25, 0.3) is 0 Å². The molecule has 0 amide bonds. The molecule has 0 fully saturated rings. The molecule has 0 saturated heterocycles. The summed E-state index contributed by atoms with van der Waals surface area (Å²) in [6.07, 6.45) is 0. The predicted molar refractivity (Wildman–Crippen MR) is 60.7 cm³/mol. The number of carbonyl (C=O) groups is 1. The average molecular weight is 206 g/mol. The third kappa shape index (κ3) is 2.82. The minimum Gasteiger partial charge on any atom is -0.469 e. The fourth-order valence-corrected chi connectivity index (χ4v) is 1.75. The maximum atomic E-state index is 11.7. The number of hydrogen-bond donors (Lipinski definition) is 0. The summed E-state index contributed by atoms with van der Waals surface area (Å²) < 4.78 is 4.85. The Labute approximate surface area is 91.3 Å². The lowest BCUT2D eigenvalue weighted by Crippen LogP contribution is -2.27. The zero-order chi connectivity index (χ0) is 11.5. The van der Waals surface area contributed by atoms with Crippen LogP contribution in [0.4, 0.5) is 0 Å². The second-order valence-corrected chi connectivity index (χ2v) is 4.73. The summed E-state index contributed by atoms with van der Waals surface area (Å²) >= 11 is 0. The lowest BCUT2D eigenvalue weighted by atomic mass is 9.76. The van der Waals surface area contributed by atoms with Crippen molar-refractivity contribution < 1.29 is 9.53 Å². The van der Waals surface area contributed by atoms with Crippen molar-refractivity contribution in [1.29, 1.82) is 0 Å². The summed E-state index contributed by atoms with van der Waals surface area (Å²) in [5.74, 6) is -0.377. The van der Waals surface area contributed by atoms with Crippen LogP contribution >= 0.6 is 0 Å². The van der Waals surface area contributed by atoms with Gasteiger partial charge in [0.2, 0.25) is 0 Å². The molecule has 1 rings (SSSR count). The summed E-state index contributed by atoms with van der Waals surface area (Å²) in [6.45, 7) is 6.13. The molecule has 0 heterocycles. The smallest absolute Gasteiger partial charge is 0.313 e. The first-order valence-corrected chi connectivity index (χ1v) is 5.09. The molecular weight excluding hydrogens is 188 g/mol. The van der Waals surface area contributed by atoms with Gasteiger partial charge in [-0.05, 0) is 11.0 Å². The largest absolute Gasteiger partial charge is 0.469 e. The standard InChI is InChI=1S/C13H18O2/c1-13(2,3)11(12(14)15-4)10-8-6-5-7-9-10/h5-9,11H,1-4H3. The van der Waals surface area contributed by atoms with E-state index in [0.717, 1.165) is 5.56 Å². The van der Waals surface area contributed by atoms with Crippen molar-refractivity contribution in [2.45, 2.75) is 26.7 Å². The second-order valence-electron chi connectivity index (χ2n) is 4.73. The number of benzene rings is 1. The van der Waals surface area contributed by atoms with Gasteiger partial charge in [0, 0.05) is 0 Å². The topological polar surface area (TPSA) is 26.3 Å². The summed E-state index contributed by atoms with van der Waals surface area (Å²) in [5, 5.41) is 0. The van der Waals surface area contributed by atoms with Gasteiger partial charge in [-0.3, -0.25) is 4.79 Å². The first kappa shape index (κ1) is 11.8. The summed E-state index contributed by atoms with van der Waals surface area (Å²) in [5.41, 5.74) is 0.880. The van der Waals surface area contributed by atoms with Crippen molar-refractivity contribution in [2.75, 3.05) is 7.11 Å². The SMILES string of the molecule is COC(=O)C(c1ccccc1)C(C)(C)C. The molecule has 0 spiro atoms. The number of ether oxygens (including phenoxy) is 1. The average Bonchev–Trinajstić information content (AvgIpc) is 2.17. The van der Waals surface area contributed by atoms with E-state index >= 15 is 0 Å². The molecule has 2 nitrogen and oxygen atoms in total.